The van der Waals surface area contributed by atoms with Gasteiger partial charge in [0.25, 0.3) is 0 Å². The largest absolute Gasteiger partial charge is 0.388 e. The summed E-state index contributed by atoms with van der Waals surface area (Å²) in [7, 11) is 2.00. The minimum Gasteiger partial charge on any atom is -0.388 e. The average Bonchev–Trinajstić information content (AvgIpc) is 3.24. The second kappa shape index (κ2) is 7.74. The predicted molar refractivity (Wildman–Crippen MR) is 160 cm³/mol. The molecule has 176 valence electrons. The molecule has 0 aromatic heterocycles. The van der Waals surface area contributed by atoms with Gasteiger partial charge in [0.2, 0.25) is 0 Å². The lowest BCUT2D eigenvalue weighted by Gasteiger charge is -2.40. The third kappa shape index (κ3) is 2.71. The fraction of sp³-hybridized carbons (Fsp3) is 0.0588. The van der Waals surface area contributed by atoms with Gasteiger partial charge in [0.15, 0.2) is 0 Å². The zero-order chi connectivity index (χ0) is 24.7. The molecule has 0 bridgehead atoms. The number of nitrogens with one attached hydrogen (secondary N) is 1. The fourth-order valence-corrected chi connectivity index (χ4v) is 8.30. The smallest absolute Gasteiger partial charge is 0.0742 e. The number of rotatable bonds is 1. The zero-order valence-electron chi connectivity index (χ0n) is 20.2. The number of halogens is 1. The van der Waals surface area contributed by atoms with E-state index in [4.69, 9.17) is 0 Å². The lowest BCUT2D eigenvalue weighted by Crippen LogP contribution is -2.32. The van der Waals surface area contributed by atoms with Crippen LogP contribution in [0.25, 0.3) is 32.7 Å². The first-order valence-electron chi connectivity index (χ1n) is 12.6. The molecule has 0 radical (unpaired) electrons. The first-order chi connectivity index (χ1) is 18.2. The molecule has 1 N–H and O–H groups in total. The Morgan fingerprint density at radius 3 is 2.03 bits per heavy atom. The average molecular weight is 557 g/mol. The van der Waals surface area contributed by atoms with Gasteiger partial charge in [-0.3, -0.25) is 0 Å². The van der Waals surface area contributed by atoms with Gasteiger partial charge in [0.05, 0.1) is 5.41 Å². The van der Waals surface area contributed by atoms with Gasteiger partial charge in [-0.05, 0) is 91.3 Å². The number of fused-ring (bicyclic) bond motifs is 14. The Bertz CT molecular complexity index is 1880. The normalized spacial score (nSPS) is 14.3. The van der Waals surface area contributed by atoms with Crippen LogP contribution in [0.4, 0.5) is 5.69 Å². The van der Waals surface area contributed by atoms with Gasteiger partial charge in [-0.1, -0.05) is 100 Å². The fourth-order valence-electron chi connectivity index (χ4n) is 6.75. The van der Waals surface area contributed by atoms with Crippen molar-refractivity contribution in [3.8, 4) is 11.1 Å². The third-order valence-corrected chi connectivity index (χ3v) is 9.79. The van der Waals surface area contributed by atoms with Gasteiger partial charge in [0, 0.05) is 27.0 Å². The molecule has 0 saturated heterocycles. The summed E-state index contributed by atoms with van der Waals surface area (Å²) in [6.45, 7) is 0. The predicted octanol–water partition coefficient (Wildman–Crippen LogP) is 9.62. The standard InChI is InChI=1S/C34H22BrNS/c1-36-21-15-17-24-26(19-21)22-8-2-3-9-23(22)32-25-16-14-20(35)18-29(25)34(33(24)32)27-10-4-6-12-30(27)37-31-13-7-5-11-28(31)34/h2-19,36H,1H3. The molecule has 0 amide bonds. The maximum absolute atomic E-state index is 3.84. The molecule has 1 heterocycles. The van der Waals surface area contributed by atoms with Crippen molar-refractivity contribution in [3.05, 3.63) is 136 Å². The van der Waals surface area contributed by atoms with Crippen LogP contribution >= 0.6 is 27.7 Å². The minimum absolute atomic E-state index is 0.406. The van der Waals surface area contributed by atoms with Crippen molar-refractivity contribution < 1.29 is 0 Å². The maximum atomic E-state index is 3.84. The summed E-state index contributed by atoms with van der Waals surface area (Å²) in [4.78, 5) is 2.65. The van der Waals surface area contributed by atoms with Gasteiger partial charge in [-0.25, -0.2) is 0 Å². The van der Waals surface area contributed by atoms with Crippen molar-refractivity contribution in [2.24, 2.45) is 0 Å². The van der Waals surface area contributed by atoms with E-state index in [2.05, 4.69) is 130 Å². The van der Waals surface area contributed by atoms with Crippen LogP contribution in [0.2, 0.25) is 0 Å². The number of benzene rings is 6. The highest BCUT2D eigenvalue weighted by Gasteiger charge is 2.51. The molecule has 37 heavy (non-hydrogen) atoms. The summed E-state index contributed by atoms with van der Waals surface area (Å²) in [5, 5.41) is 8.59. The molecule has 6 aromatic rings. The Labute approximate surface area is 228 Å². The quantitative estimate of drug-likeness (QED) is 0.202. The van der Waals surface area contributed by atoms with Gasteiger partial charge in [-0.2, -0.15) is 0 Å². The minimum atomic E-state index is -0.406. The van der Waals surface area contributed by atoms with E-state index >= 15 is 0 Å². The first-order valence-corrected chi connectivity index (χ1v) is 14.2. The molecule has 8 rings (SSSR count). The van der Waals surface area contributed by atoms with E-state index in [1.54, 1.807) is 0 Å². The SMILES string of the molecule is CNc1ccc2c3c(c4ccccc4c2c1)-c1ccc(Br)cc1C31c2ccccc2Sc2ccccc21. The zero-order valence-corrected chi connectivity index (χ0v) is 22.6. The van der Waals surface area contributed by atoms with E-state index in [0.717, 1.165) is 10.2 Å². The lowest BCUT2D eigenvalue weighted by atomic mass is 9.66. The molecule has 1 aliphatic heterocycles. The maximum Gasteiger partial charge on any atom is 0.0742 e. The van der Waals surface area contributed by atoms with Crippen molar-refractivity contribution in [2.45, 2.75) is 15.2 Å². The van der Waals surface area contributed by atoms with Crippen LogP contribution in [0.15, 0.2) is 123 Å². The third-order valence-electron chi connectivity index (χ3n) is 8.15. The molecular weight excluding hydrogens is 534 g/mol. The van der Waals surface area contributed by atoms with Crippen molar-refractivity contribution in [3.63, 3.8) is 0 Å². The van der Waals surface area contributed by atoms with E-state index in [9.17, 15) is 0 Å². The lowest BCUT2D eigenvalue weighted by molar-refractivity contribution is 0.728. The molecular formula is C34H22BrNS. The van der Waals surface area contributed by atoms with Gasteiger partial charge < -0.3 is 5.32 Å². The second-order valence-electron chi connectivity index (χ2n) is 9.84. The summed E-state index contributed by atoms with van der Waals surface area (Å²) in [5.74, 6) is 0. The highest BCUT2D eigenvalue weighted by Crippen LogP contribution is 2.65. The van der Waals surface area contributed by atoms with Crippen molar-refractivity contribution >= 4 is 54.9 Å². The summed E-state index contributed by atoms with van der Waals surface area (Å²) in [6.07, 6.45) is 0. The van der Waals surface area contributed by atoms with Crippen LogP contribution < -0.4 is 5.32 Å². The molecule has 6 aromatic carbocycles. The molecule has 0 saturated carbocycles. The van der Waals surface area contributed by atoms with Gasteiger partial charge >= 0.3 is 0 Å². The molecule has 0 atom stereocenters. The Balaban J connectivity index is 1.69. The van der Waals surface area contributed by atoms with Gasteiger partial charge in [0.1, 0.15) is 0 Å². The molecule has 1 nitrogen and oxygen atoms in total. The Kier molecular flexibility index (Phi) is 4.51. The van der Waals surface area contributed by atoms with Crippen LogP contribution in [0, 0.1) is 0 Å². The molecule has 0 unspecified atom stereocenters. The molecule has 3 heteroatoms. The highest BCUT2D eigenvalue weighted by atomic mass is 79.9. The van der Waals surface area contributed by atoms with Crippen LogP contribution in [0.5, 0.6) is 0 Å². The topological polar surface area (TPSA) is 12.0 Å². The van der Waals surface area contributed by atoms with E-state index in [0.29, 0.717) is 0 Å². The van der Waals surface area contributed by atoms with Crippen LogP contribution in [-0.2, 0) is 5.41 Å². The molecule has 1 aliphatic carbocycles. The molecule has 1 spiro atoms. The summed E-state index contributed by atoms with van der Waals surface area (Å²) in [5.41, 5.74) is 8.90. The van der Waals surface area contributed by atoms with Crippen molar-refractivity contribution in [1.29, 1.82) is 0 Å². The van der Waals surface area contributed by atoms with Crippen LogP contribution in [0.1, 0.15) is 22.3 Å². The summed E-state index contributed by atoms with van der Waals surface area (Å²) in [6, 6.07) is 40.7. The van der Waals surface area contributed by atoms with Gasteiger partial charge in [-0.15, -0.1) is 0 Å². The van der Waals surface area contributed by atoms with E-state index in [1.807, 2.05) is 18.8 Å². The van der Waals surface area contributed by atoms with Crippen molar-refractivity contribution in [1.82, 2.24) is 0 Å². The second-order valence-corrected chi connectivity index (χ2v) is 11.8. The van der Waals surface area contributed by atoms with E-state index < -0.39 is 5.41 Å². The monoisotopic (exact) mass is 555 g/mol. The summed E-state index contributed by atoms with van der Waals surface area (Å²) < 4.78 is 1.11. The van der Waals surface area contributed by atoms with Crippen LogP contribution in [-0.4, -0.2) is 7.05 Å². The summed E-state index contributed by atoms with van der Waals surface area (Å²) >= 11 is 5.73. The Hall–Kier alpha value is -3.53. The Morgan fingerprint density at radius 1 is 0.622 bits per heavy atom. The van der Waals surface area contributed by atoms with E-state index in [1.165, 1.54) is 64.7 Å². The number of hydrogen-bond donors (Lipinski definition) is 1. The van der Waals surface area contributed by atoms with Crippen molar-refractivity contribution in [2.75, 3.05) is 12.4 Å². The Morgan fingerprint density at radius 2 is 1.30 bits per heavy atom. The molecule has 2 aliphatic rings. The first kappa shape index (κ1) is 21.5. The highest BCUT2D eigenvalue weighted by molar-refractivity contribution is 9.10. The van der Waals surface area contributed by atoms with Crippen LogP contribution in [0.3, 0.4) is 0 Å². The molecule has 0 fully saturated rings. The number of anilines is 1. The number of hydrogen-bond acceptors (Lipinski definition) is 2. The van der Waals surface area contributed by atoms with E-state index in [-0.39, 0.29) is 0 Å².